The molecule has 1 aliphatic rings. The summed E-state index contributed by atoms with van der Waals surface area (Å²) in [7, 11) is -3.58. The van der Waals surface area contributed by atoms with Crippen molar-refractivity contribution in [2.24, 2.45) is 11.1 Å². The molecular formula is C11H21N3O5S. The van der Waals surface area contributed by atoms with Gasteiger partial charge in [-0.25, -0.2) is 18.4 Å². The molecule has 1 unspecified atom stereocenters. The van der Waals surface area contributed by atoms with Gasteiger partial charge in [0.25, 0.3) is 0 Å². The number of nitrogens with two attached hydrogens (primary N) is 1. The molecular weight excluding hydrogens is 286 g/mol. The number of nitrogens with one attached hydrogen (secondary N) is 1. The third-order valence-electron chi connectivity index (χ3n) is 3.24. The quantitative estimate of drug-likeness (QED) is 0.612. The number of hydrogen-bond donors (Lipinski definition) is 3. The maximum absolute atomic E-state index is 11.8. The molecule has 0 saturated carbocycles. The number of carboxylic acid groups (broad SMARTS) is 1. The molecule has 20 heavy (non-hydrogen) atoms. The molecule has 0 radical (unpaired) electrons. The molecule has 4 N–H and O–H groups in total. The van der Waals surface area contributed by atoms with Crippen molar-refractivity contribution in [1.82, 2.24) is 10.2 Å². The van der Waals surface area contributed by atoms with E-state index in [1.807, 2.05) is 0 Å². The second kappa shape index (κ2) is 7.44. The van der Waals surface area contributed by atoms with Crippen LogP contribution in [0.15, 0.2) is 0 Å². The zero-order chi connectivity index (χ0) is 15.2. The fourth-order valence-corrected chi connectivity index (χ4v) is 2.61. The summed E-state index contributed by atoms with van der Waals surface area (Å²) in [5, 5.41) is 16.0. The number of hydrogen-bond acceptors (Lipinski definition) is 4. The highest BCUT2D eigenvalue weighted by Gasteiger charge is 2.23. The van der Waals surface area contributed by atoms with Crippen LogP contribution in [0.3, 0.4) is 0 Å². The van der Waals surface area contributed by atoms with Crippen LogP contribution in [0.4, 0.5) is 4.79 Å². The molecule has 0 aromatic heterocycles. The smallest absolute Gasteiger partial charge is 0.317 e. The highest BCUT2D eigenvalue weighted by molar-refractivity contribution is 7.89. The standard InChI is InChI=1S/C11H21N3O5S/c12-20(18,19)7-5-13-11(17)14-6-1-2-9(8-14)3-4-10(15)16/h9H,1-8H2,(H,13,17)(H,15,16)(H2,12,18,19). The number of carbonyl (C=O) groups excluding carboxylic acids is 1. The summed E-state index contributed by atoms with van der Waals surface area (Å²) < 4.78 is 21.5. The molecule has 1 fully saturated rings. The van der Waals surface area contributed by atoms with Crippen molar-refractivity contribution in [1.29, 1.82) is 0 Å². The Balaban J connectivity index is 2.34. The number of carbonyl (C=O) groups is 2. The number of urea groups is 1. The van der Waals surface area contributed by atoms with Crippen LogP contribution < -0.4 is 10.5 Å². The minimum Gasteiger partial charge on any atom is -0.481 e. The molecule has 0 aromatic rings. The Labute approximate surface area is 118 Å². The molecule has 0 aliphatic carbocycles. The molecule has 9 heteroatoms. The van der Waals surface area contributed by atoms with Gasteiger partial charge in [-0.15, -0.1) is 0 Å². The van der Waals surface area contributed by atoms with Crippen molar-refractivity contribution in [2.75, 3.05) is 25.4 Å². The third-order valence-corrected chi connectivity index (χ3v) is 4.01. The maximum atomic E-state index is 11.8. The first-order valence-electron chi connectivity index (χ1n) is 6.53. The van der Waals surface area contributed by atoms with Crippen LogP contribution in [0.25, 0.3) is 0 Å². The van der Waals surface area contributed by atoms with Gasteiger partial charge in [0.1, 0.15) is 0 Å². The Morgan fingerprint density at radius 1 is 1.40 bits per heavy atom. The minimum absolute atomic E-state index is 0.0199. The van der Waals surface area contributed by atoms with Crippen molar-refractivity contribution < 1.29 is 23.1 Å². The van der Waals surface area contributed by atoms with E-state index in [2.05, 4.69) is 5.32 Å². The predicted molar refractivity (Wildman–Crippen MR) is 72.5 cm³/mol. The molecule has 116 valence electrons. The summed E-state index contributed by atoms with van der Waals surface area (Å²) in [5.74, 6) is -0.946. The molecule has 1 aliphatic heterocycles. The van der Waals surface area contributed by atoms with Gasteiger partial charge in [-0.05, 0) is 25.2 Å². The monoisotopic (exact) mass is 307 g/mol. The van der Waals surface area contributed by atoms with Gasteiger partial charge in [0.05, 0.1) is 5.75 Å². The van der Waals surface area contributed by atoms with E-state index in [1.165, 1.54) is 0 Å². The Morgan fingerprint density at radius 2 is 2.10 bits per heavy atom. The first-order chi connectivity index (χ1) is 9.28. The lowest BCUT2D eigenvalue weighted by Gasteiger charge is -2.32. The van der Waals surface area contributed by atoms with E-state index < -0.39 is 16.0 Å². The van der Waals surface area contributed by atoms with Crippen LogP contribution in [0.5, 0.6) is 0 Å². The molecule has 1 heterocycles. The molecule has 0 aromatic carbocycles. The number of likely N-dealkylation sites (tertiary alicyclic amines) is 1. The fraction of sp³-hybridized carbons (Fsp3) is 0.818. The Kier molecular flexibility index (Phi) is 6.21. The van der Waals surface area contributed by atoms with Gasteiger partial charge in [-0.1, -0.05) is 0 Å². The van der Waals surface area contributed by atoms with E-state index in [-0.39, 0.29) is 30.7 Å². The Morgan fingerprint density at radius 3 is 2.70 bits per heavy atom. The van der Waals surface area contributed by atoms with Gasteiger partial charge in [-0.3, -0.25) is 4.79 Å². The minimum atomic E-state index is -3.58. The predicted octanol–water partition coefficient (Wildman–Crippen LogP) is -0.439. The van der Waals surface area contributed by atoms with Crippen molar-refractivity contribution in [2.45, 2.75) is 25.7 Å². The number of sulfonamides is 1. The van der Waals surface area contributed by atoms with Crippen molar-refractivity contribution >= 4 is 22.0 Å². The van der Waals surface area contributed by atoms with E-state index in [0.717, 1.165) is 12.8 Å². The molecule has 0 bridgehead atoms. The van der Waals surface area contributed by atoms with E-state index in [1.54, 1.807) is 4.90 Å². The number of carboxylic acids is 1. The lowest BCUT2D eigenvalue weighted by molar-refractivity contribution is -0.137. The van der Waals surface area contributed by atoms with Crippen molar-refractivity contribution in [3.8, 4) is 0 Å². The number of amides is 2. The summed E-state index contributed by atoms with van der Waals surface area (Å²) in [4.78, 5) is 24.0. The van der Waals surface area contributed by atoms with Gasteiger partial charge >= 0.3 is 12.0 Å². The van der Waals surface area contributed by atoms with Gasteiger partial charge in [-0.2, -0.15) is 0 Å². The first-order valence-corrected chi connectivity index (χ1v) is 8.24. The molecule has 1 saturated heterocycles. The van der Waals surface area contributed by atoms with Crippen LogP contribution in [-0.4, -0.2) is 55.8 Å². The number of primary sulfonamides is 1. The van der Waals surface area contributed by atoms with E-state index >= 15 is 0 Å². The number of nitrogens with zero attached hydrogens (tertiary/aromatic N) is 1. The SMILES string of the molecule is NS(=O)(=O)CCNC(=O)N1CCCC(CCC(=O)O)C1. The topological polar surface area (TPSA) is 130 Å². The molecule has 8 nitrogen and oxygen atoms in total. The summed E-state index contributed by atoms with van der Waals surface area (Å²) in [6.45, 7) is 1.09. The normalized spacial score (nSPS) is 19.6. The van der Waals surface area contributed by atoms with Gasteiger partial charge < -0.3 is 15.3 Å². The van der Waals surface area contributed by atoms with Crippen LogP contribution in [-0.2, 0) is 14.8 Å². The zero-order valence-electron chi connectivity index (χ0n) is 11.2. The fourth-order valence-electron chi connectivity index (χ4n) is 2.22. The largest absolute Gasteiger partial charge is 0.481 e. The summed E-state index contributed by atoms with van der Waals surface area (Å²) in [6.07, 6.45) is 2.39. The highest BCUT2D eigenvalue weighted by atomic mass is 32.2. The summed E-state index contributed by atoms with van der Waals surface area (Å²) in [5.41, 5.74) is 0. The van der Waals surface area contributed by atoms with E-state index in [9.17, 15) is 18.0 Å². The molecule has 1 atom stereocenters. The Hall–Kier alpha value is -1.35. The van der Waals surface area contributed by atoms with Crippen molar-refractivity contribution in [3.63, 3.8) is 0 Å². The van der Waals surface area contributed by atoms with E-state index in [4.69, 9.17) is 10.2 Å². The lowest BCUT2D eigenvalue weighted by atomic mass is 9.93. The average molecular weight is 307 g/mol. The molecule has 1 rings (SSSR count). The average Bonchev–Trinajstić information content (AvgIpc) is 2.35. The zero-order valence-corrected chi connectivity index (χ0v) is 12.1. The van der Waals surface area contributed by atoms with Crippen LogP contribution in [0.1, 0.15) is 25.7 Å². The molecule has 0 spiro atoms. The second-order valence-corrected chi connectivity index (χ2v) is 6.72. The first kappa shape index (κ1) is 16.7. The second-order valence-electron chi connectivity index (χ2n) is 4.99. The number of rotatable bonds is 6. The van der Waals surface area contributed by atoms with Gasteiger partial charge in [0.2, 0.25) is 10.0 Å². The van der Waals surface area contributed by atoms with Crippen LogP contribution in [0, 0.1) is 5.92 Å². The van der Waals surface area contributed by atoms with Gasteiger partial charge in [0, 0.05) is 26.1 Å². The van der Waals surface area contributed by atoms with E-state index in [0.29, 0.717) is 19.5 Å². The maximum Gasteiger partial charge on any atom is 0.317 e. The van der Waals surface area contributed by atoms with Gasteiger partial charge in [0.15, 0.2) is 0 Å². The number of aliphatic carboxylic acids is 1. The molecule has 2 amide bonds. The third kappa shape index (κ3) is 6.71. The number of piperidine rings is 1. The summed E-state index contributed by atoms with van der Waals surface area (Å²) >= 11 is 0. The van der Waals surface area contributed by atoms with Crippen LogP contribution in [0.2, 0.25) is 0 Å². The Bertz CT molecular complexity index is 451. The summed E-state index contributed by atoms with van der Waals surface area (Å²) in [6, 6.07) is -0.325. The highest BCUT2D eigenvalue weighted by Crippen LogP contribution is 2.20. The van der Waals surface area contributed by atoms with Crippen molar-refractivity contribution in [3.05, 3.63) is 0 Å². The lowest BCUT2D eigenvalue weighted by Crippen LogP contribution is -2.46. The van der Waals surface area contributed by atoms with Crippen LogP contribution >= 0.6 is 0 Å².